The molecule has 0 aromatic heterocycles. The van der Waals surface area contributed by atoms with Gasteiger partial charge in [-0.05, 0) is 31.0 Å². The Morgan fingerprint density at radius 3 is 2.21 bits per heavy atom. The molecule has 1 aromatic rings. The largest absolute Gasteiger partial charge is 0.274 e. The molecule has 100 valence electrons. The summed E-state index contributed by atoms with van der Waals surface area (Å²) < 4.78 is 13.9. The van der Waals surface area contributed by atoms with Gasteiger partial charge in [0.25, 0.3) is 0 Å². The van der Waals surface area contributed by atoms with Gasteiger partial charge in [0.15, 0.2) is 0 Å². The van der Waals surface area contributed by atoms with E-state index in [9.17, 15) is 14.0 Å². The summed E-state index contributed by atoms with van der Waals surface area (Å²) in [6.07, 6.45) is 3.36. The molecule has 0 spiro atoms. The van der Waals surface area contributed by atoms with Crippen LogP contribution in [0.25, 0.3) is 0 Å². The van der Waals surface area contributed by atoms with Gasteiger partial charge in [-0.1, -0.05) is 24.4 Å². The van der Waals surface area contributed by atoms with Crippen molar-refractivity contribution < 1.29 is 14.0 Å². The van der Waals surface area contributed by atoms with E-state index in [1.807, 2.05) is 0 Å². The van der Waals surface area contributed by atoms with E-state index < -0.39 is 5.82 Å². The number of fused-ring (bicyclic) bond motifs is 1. The maximum atomic E-state index is 13.9. The average Bonchev–Trinajstić information content (AvgIpc) is 2.64. The number of imide groups is 1. The van der Waals surface area contributed by atoms with E-state index in [-0.39, 0.29) is 34.4 Å². The smallest absolute Gasteiger partial charge is 0.237 e. The van der Waals surface area contributed by atoms with Gasteiger partial charge in [-0.25, -0.2) is 9.29 Å². The predicted molar refractivity (Wildman–Crippen MR) is 69.4 cm³/mol. The Labute approximate surface area is 115 Å². The number of carbonyl (C=O) groups is 2. The summed E-state index contributed by atoms with van der Waals surface area (Å²) >= 11 is 5.69. The topological polar surface area (TPSA) is 37.4 Å². The van der Waals surface area contributed by atoms with E-state index in [0.717, 1.165) is 36.6 Å². The maximum Gasteiger partial charge on any atom is 0.237 e. The Morgan fingerprint density at radius 1 is 1.11 bits per heavy atom. The Morgan fingerprint density at radius 2 is 1.68 bits per heavy atom. The summed E-state index contributed by atoms with van der Waals surface area (Å²) in [5.41, 5.74) is 0.0220. The van der Waals surface area contributed by atoms with Gasteiger partial charge in [-0.3, -0.25) is 9.59 Å². The van der Waals surface area contributed by atoms with E-state index in [0.29, 0.717) is 0 Å². The lowest BCUT2D eigenvalue weighted by atomic mass is 9.81. The summed E-state index contributed by atoms with van der Waals surface area (Å²) in [7, 11) is 0. The summed E-state index contributed by atoms with van der Waals surface area (Å²) in [5.74, 6) is -1.70. The van der Waals surface area contributed by atoms with Gasteiger partial charge in [0, 0.05) is 5.02 Å². The molecule has 1 aliphatic heterocycles. The van der Waals surface area contributed by atoms with Crippen LogP contribution in [0.2, 0.25) is 5.02 Å². The van der Waals surface area contributed by atoms with Crippen LogP contribution >= 0.6 is 11.6 Å². The minimum absolute atomic E-state index is 0.0220. The fourth-order valence-electron chi connectivity index (χ4n) is 3.06. The molecule has 19 heavy (non-hydrogen) atoms. The minimum Gasteiger partial charge on any atom is -0.274 e. The molecule has 2 atom stereocenters. The molecule has 5 heteroatoms. The fraction of sp³-hybridized carbons (Fsp3) is 0.429. The molecule has 1 aliphatic carbocycles. The summed E-state index contributed by atoms with van der Waals surface area (Å²) in [6, 6.07) is 4.01. The van der Waals surface area contributed by atoms with Gasteiger partial charge in [-0.15, -0.1) is 0 Å². The van der Waals surface area contributed by atoms with Crippen molar-refractivity contribution in [1.82, 2.24) is 0 Å². The van der Waals surface area contributed by atoms with Crippen molar-refractivity contribution >= 4 is 29.1 Å². The normalized spacial score (nSPS) is 26.7. The number of carbonyl (C=O) groups excluding carboxylic acids is 2. The second kappa shape index (κ2) is 4.60. The lowest BCUT2D eigenvalue weighted by molar-refractivity contribution is -0.122. The van der Waals surface area contributed by atoms with Crippen LogP contribution in [0.4, 0.5) is 10.1 Å². The van der Waals surface area contributed by atoms with E-state index in [4.69, 9.17) is 11.6 Å². The molecule has 0 radical (unpaired) electrons. The third-order valence-electron chi connectivity index (χ3n) is 3.99. The number of anilines is 1. The van der Waals surface area contributed by atoms with Gasteiger partial charge in [0.2, 0.25) is 11.8 Å². The van der Waals surface area contributed by atoms with Gasteiger partial charge < -0.3 is 0 Å². The molecule has 1 heterocycles. The molecule has 3 rings (SSSR count). The highest BCUT2D eigenvalue weighted by Crippen LogP contribution is 2.40. The first kappa shape index (κ1) is 12.6. The molecule has 3 nitrogen and oxygen atoms in total. The lowest BCUT2D eigenvalue weighted by Gasteiger charge is -2.19. The summed E-state index contributed by atoms with van der Waals surface area (Å²) in [6.45, 7) is 0. The van der Waals surface area contributed by atoms with Crippen LogP contribution in [0.1, 0.15) is 25.7 Å². The minimum atomic E-state index is -0.632. The van der Waals surface area contributed by atoms with Crippen molar-refractivity contribution in [3.05, 3.63) is 29.0 Å². The van der Waals surface area contributed by atoms with E-state index >= 15 is 0 Å². The molecule has 2 fully saturated rings. The second-order valence-electron chi connectivity index (χ2n) is 5.11. The molecule has 2 amide bonds. The van der Waals surface area contributed by atoms with Gasteiger partial charge in [0.1, 0.15) is 5.82 Å². The quantitative estimate of drug-likeness (QED) is 0.742. The molecular weight excluding hydrogens is 269 g/mol. The third kappa shape index (κ3) is 1.94. The highest BCUT2D eigenvalue weighted by Gasteiger charge is 2.49. The Balaban J connectivity index is 2.00. The summed E-state index contributed by atoms with van der Waals surface area (Å²) in [4.78, 5) is 25.6. The van der Waals surface area contributed by atoms with E-state index in [1.54, 1.807) is 0 Å². The first-order valence-electron chi connectivity index (χ1n) is 6.42. The van der Waals surface area contributed by atoms with Gasteiger partial charge in [0.05, 0.1) is 17.5 Å². The van der Waals surface area contributed by atoms with Crippen molar-refractivity contribution in [1.29, 1.82) is 0 Å². The average molecular weight is 282 g/mol. The number of amides is 2. The fourth-order valence-corrected chi connectivity index (χ4v) is 3.22. The van der Waals surface area contributed by atoms with Crippen LogP contribution in [-0.4, -0.2) is 11.8 Å². The Hall–Kier alpha value is -1.42. The van der Waals surface area contributed by atoms with Gasteiger partial charge >= 0.3 is 0 Å². The molecule has 1 saturated carbocycles. The molecule has 1 aromatic carbocycles. The highest BCUT2D eigenvalue weighted by molar-refractivity contribution is 6.30. The van der Waals surface area contributed by atoms with Crippen molar-refractivity contribution in [3.8, 4) is 0 Å². The lowest BCUT2D eigenvalue weighted by Crippen LogP contribution is -2.31. The van der Waals surface area contributed by atoms with Crippen LogP contribution < -0.4 is 4.90 Å². The Bertz CT molecular complexity index is 536. The van der Waals surface area contributed by atoms with Crippen LogP contribution in [0.15, 0.2) is 18.2 Å². The number of hydrogen-bond acceptors (Lipinski definition) is 2. The van der Waals surface area contributed by atoms with E-state index in [2.05, 4.69) is 0 Å². The summed E-state index contributed by atoms with van der Waals surface area (Å²) in [5, 5.41) is 0.248. The Kier molecular flexibility index (Phi) is 3.05. The number of halogens is 2. The van der Waals surface area contributed by atoms with Crippen molar-refractivity contribution in [2.24, 2.45) is 11.8 Å². The van der Waals surface area contributed by atoms with Crippen LogP contribution in [0, 0.1) is 17.7 Å². The third-order valence-corrected chi connectivity index (χ3v) is 4.23. The van der Waals surface area contributed by atoms with Crippen LogP contribution in [0.3, 0.4) is 0 Å². The number of nitrogens with zero attached hydrogens (tertiary/aromatic N) is 1. The first-order chi connectivity index (χ1) is 9.09. The monoisotopic (exact) mass is 281 g/mol. The van der Waals surface area contributed by atoms with Gasteiger partial charge in [-0.2, -0.15) is 0 Å². The number of rotatable bonds is 1. The highest BCUT2D eigenvalue weighted by atomic mass is 35.5. The molecular formula is C14H13ClFNO2. The van der Waals surface area contributed by atoms with E-state index in [1.165, 1.54) is 12.1 Å². The van der Waals surface area contributed by atoms with Crippen molar-refractivity contribution in [2.75, 3.05) is 4.90 Å². The SMILES string of the molecule is O=C1[C@@H]2CCCC[C@H]2C(=O)N1c1ccc(Cl)cc1F. The molecule has 0 N–H and O–H groups in total. The molecule has 2 aliphatic rings. The molecule has 1 saturated heterocycles. The number of benzene rings is 1. The second-order valence-corrected chi connectivity index (χ2v) is 5.54. The maximum absolute atomic E-state index is 13.9. The predicted octanol–water partition coefficient (Wildman–Crippen LogP) is 3.16. The number of hydrogen-bond donors (Lipinski definition) is 0. The zero-order chi connectivity index (χ0) is 13.6. The van der Waals surface area contributed by atoms with Crippen LogP contribution in [0.5, 0.6) is 0 Å². The van der Waals surface area contributed by atoms with Crippen molar-refractivity contribution in [2.45, 2.75) is 25.7 Å². The van der Waals surface area contributed by atoms with Crippen LogP contribution in [-0.2, 0) is 9.59 Å². The zero-order valence-electron chi connectivity index (χ0n) is 10.2. The van der Waals surface area contributed by atoms with Crippen molar-refractivity contribution in [3.63, 3.8) is 0 Å². The standard InChI is InChI=1S/C14H13ClFNO2/c15-8-5-6-12(11(16)7-8)17-13(18)9-3-1-2-4-10(9)14(17)19/h5-7,9-10H,1-4H2/t9-,10-/m1/s1. The first-order valence-corrected chi connectivity index (χ1v) is 6.80. The zero-order valence-corrected chi connectivity index (χ0v) is 11.0. The molecule has 0 bridgehead atoms. The molecule has 0 unspecified atom stereocenters.